The Balaban J connectivity index is 1.89. The van der Waals surface area contributed by atoms with Crippen LogP contribution in [0.25, 0.3) is 0 Å². The van der Waals surface area contributed by atoms with Gasteiger partial charge >= 0.3 is 0 Å². The lowest BCUT2D eigenvalue weighted by Crippen LogP contribution is -2.41. The van der Waals surface area contributed by atoms with E-state index in [-0.39, 0.29) is 17.7 Å². The second-order valence-electron chi connectivity index (χ2n) is 4.98. The molecule has 0 atom stereocenters. The lowest BCUT2D eigenvalue weighted by molar-refractivity contribution is -0.134. The smallest absolute Gasteiger partial charge is 0.227 e. The largest absolute Gasteiger partial charge is 0.343 e. The molecule has 0 radical (unpaired) electrons. The number of amides is 2. The van der Waals surface area contributed by atoms with Crippen LogP contribution in [0.5, 0.6) is 0 Å². The normalized spacial score (nSPS) is 16.0. The van der Waals surface area contributed by atoms with E-state index >= 15 is 0 Å². The first-order chi connectivity index (χ1) is 9.61. The van der Waals surface area contributed by atoms with Crippen molar-refractivity contribution in [2.75, 3.05) is 18.4 Å². The van der Waals surface area contributed by atoms with E-state index in [0.717, 1.165) is 23.0 Å². The number of rotatable bonds is 3. The Bertz CT molecular complexity index is 496. The zero-order valence-electron chi connectivity index (χ0n) is 11.6. The molecule has 2 rings (SSSR count). The van der Waals surface area contributed by atoms with Crippen molar-refractivity contribution < 1.29 is 9.59 Å². The minimum atomic E-state index is -0.0111. The lowest BCUT2D eigenvalue weighted by atomic mass is 9.95. The Morgan fingerprint density at radius 3 is 2.55 bits per heavy atom. The molecule has 108 valence electrons. The molecule has 1 aliphatic rings. The molecule has 1 aromatic rings. The van der Waals surface area contributed by atoms with Crippen molar-refractivity contribution in [3.8, 4) is 0 Å². The van der Waals surface area contributed by atoms with Gasteiger partial charge in [0.05, 0.1) is 5.69 Å². The van der Waals surface area contributed by atoms with Gasteiger partial charge in [-0.15, -0.1) is 0 Å². The number of carbonyl (C=O) groups is 2. The summed E-state index contributed by atoms with van der Waals surface area (Å²) in [7, 11) is 0. The Hall–Kier alpha value is -1.36. The van der Waals surface area contributed by atoms with Crippen LogP contribution in [0.2, 0.25) is 0 Å². The van der Waals surface area contributed by atoms with Gasteiger partial charge < -0.3 is 10.2 Å². The van der Waals surface area contributed by atoms with E-state index in [9.17, 15) is 9.59 Å². The van der Waals surface area contributed by atoms with Crippen molar-refractivity contribution in [2.24, 2.45) is 5.92 Å². The van der Waals surface area contributed by atoms with Gasteiger partial charge in [0, 0.05) is 29.9 Å². The van der Waals surface area contributed by atoms with Crippen LogP contribution in [0.15, 0.2) is 28.7 Å². The molecule has 0 saturated carbocycles. The third kappa shape index (κ3) is 3.60. The summed E-state index contributed by atoms with van der Waals surface area (Å²) in [5.74, 6) is 0.207. The molecule has 0 unspecified atom stereocenters. The van der Waals surface area contributed by atoms with E-state index in [0.29, 0.717) is 19.5 Å². The molecule has 1 aromatic carbocycles. The van der Waals surface area contributed by atoms with Gasteiger partial charge in [0.2, 0.25) is 11.8 Å². The number of hydrogen-bond acceptors (Lipinski definition) is 2. The number of hydrogen-bond donors (Lipinski definition) is 1. The van der Waals surface area contributed by atoms with Crippen LogP contribution in [0.3, 0.4) is 0 Å². The Morgan fingerprint density at radius 1 is 1.30 bits per heavy atom. The molecule has 1 saturated heterocycles. The van der Waals surface area contributed by atoms with Crippen molar-refractivity contribution in [1.82, 2.24) is 4.90 Å². The summed E-state index contributed by atoms with van der Waals surface area (Å²) in [5.41, 5.74) is 0.796. The third-order valence-electron chi connectivity index (χ3n) is 3.65. The maximum absolute atomic E-state index is 12.2. The van der Waals surface area contributed by atoms with Crippen LogP contribution in [-0.4, -0.2) is 29.8 Å². The zero-order chi connectivity index (χ0) is 14.5. The minimum Gasteiger partial charge on any atom is -0.343 e. The predicted octanol–water partition coefficient (Wildman–Crippen LogP) is 3.04. The van der Waals surface area contributed by atoms with E-state index in [1.54, 1.807) is 0 Å². The van der Waals surface area contributed by atoms with Gasteiger partial charge in [-0.05, 0) is 40.9 Å². The number of nitrogens with zero attached hydrogens (tertiary/aromatic N) is 1. The van der Waals surface area contributed by atoms with Crippen molar-refractivity contribution >= 4 is 33.4 Å². The average Bonchev–Trinajstić information content (AvgIpc) is 2.49. The zero-order valence-corrected chi connectivity index (χ0v) is 13.1. The van der Waals surface area contributed by atoms with Gasteiger partial charge in [0.25, 0.3) is 0 Å². The maximum Gasteiger partial charge on any atom is 0.227 e. The molecule has 1 heterocycles. The SMILES string of the molecule is CCC(=O)N1CCC(C(=O)Nc2ccccc2Br)CC1. The molecule has 5 heteroatoms. The molecule has 20 heavy (non-hydrogen) atoms. The van der Waals surface area contributed by atoms with Gasteiger partial charge in [0.1, 0.15) is 0 Å². The van der Waals surface area contributed by atoms with Crippen LogP contribution >= 0.6 is 15.9 Å². The summed E-state index contributed by atoms with van der Waals surface area (Å²) in [6.45, 7) is 3.23. The number of halogens is 1. The molecule has 1 fully saturated rings. The number of para-hydroxylation sites is 1. The second kappa shape index (κ2) is 6.88. The summed E-state index contributed by atoms with van der Waals surface area (Å²) >= 11 is 3.42. The fourth-order valence-electron chi connectivity index (χ4n) is 2.41. The van der Waals surface area contributed by atoms with E-state index in [4.69, 9.17) is 0 Å². The molecule has 1 N–H and O–H groups in total. The molecule has 0 aliphatic carbocycles. The number of carbonyl (C=O) groups excluding carboxylic acids is 2. The van der Waals surface area contributed by atoms with Gasteiger partial charge in [-0.3, -0.25) is 9.59 Å². The first-order valence-electron chi connectivity index (χ1n) is 6.95. The van der Waals surface area contributed by atoms with Crippen LogP contribution in [0.4, 0.5) is 5.69 Å². The summed E-state index contributed by atoms with van der Waals surface area (Å²) < 4.78 is 0.881. The highest BCUT2D eigenvalue weighted by Gasteiger charge is 2.26. The number of piperidine rings is 1. The highest BCUT2D eigenvalue weighted by atomic mass is 79.9. The Morgan fingerprint density at radius 2 is 1.95 bits per heavy atom. The van der Waals surface area contributed by atoms with Crippen LogP contribution < -0.4 is 5.32 Å². The highest BCUT2D eigenvalue weighted by molar-refractivity contribution is 9.10. The Kier molecular flexibility index (Phi) is 5.17. The molecule has 2 amide bonds. The number of benzene rings is 1. The monoisotopic (exact) mass is 338 g/mol. The maximum atomic E-state index is 12.2. The van der Waals surface area contributed by atoms with E-state index < -0.39 is 0 Å². The molecular weight excluding hydrogens is 320 g/mol. The minimum absolute atomic E-state index is 0.0111. The molecule has 0 bridgehead atoms. The number of likely N-dealkylation sites (tertiary alicyclic amines) is 1. The third-order valence-corrected chi connectivity index (χ3v) is 4.34. The van der Waals surface area contributed by atoms with Crippen molar-refractivity contribution in [3.05, 3.63) is 28.7 Å². The average molecular weight is 339 g/mol. The quantitative estimate of drug-likeness (QED) is 0.920. The van der Waals surface area contributed by atoms with Crippen molar-refractivity contribution in [1.29, 1.82) is 0 Å². The highest BCUT2D eigenvalue weighted by Crippen LogP contribution is 2.24. The molecule has 0 aromatic heterocycles. The van der Waals surface area contributed by atoms with Gasteiger partial charge in [-0.1, -0.05) is 19.1 Å². The summed E-state index contributed by atoms with van der Waals surface area (Å²) in [5, 5.41) is 2.95. The van der Waals surface area contributed by atoms with E-state index in [2.05, 4.69) is 21.2 Å². The molecule has 0 spiro atoms. The fraction of sp³-hybridized carbons (Fsp3) is 0.467. The van der Waals surface area contributed by atoms with Crippen LogP contribution in [0.1, 0.15) is 26.2 Å². The standard InChI is InChI=1S/C15H19BrN2O2/c1-2-14(19)18-9-7-11(8-10-18)15(20)17-13-6-4-3-5-12(13)16/h3-6,11H,2,7-10H2,1H3,(H,17,20). The first-order valence-corrected chi connectivity index (χ1v) is 7.74. The molecule has 4 nitrogen and oxygen atoms in total. The van der Waals surface area contributed by atoms with Crippen LogP contribution in [-0.2, 0) is 9.59 Å². The summed E-state index contributed by atoms with van der Waals surface area (Å²) in [4.78, 5) is 25.7. The number of anilines is 1. The topological polar surface area (TPSA) is 49.4 Å². The van der Waals surface area contributed by atoms with Gasteiger partial charge in [0.15, 0.2) is 0 Å². The van der Waals surface area contributed by atoms with Crippen molar-refractivity contribution in [3.63, 3.8) is 0 Å². The second-order valence-corrected chi connectivity index (χ2v) is 5.83. The number of nitrogens with one attached hydrogen (secondary N) is 1. The molecule has 1 aliphatic heterocycles. The fourth-order valence-corrected chi connectivity index (χ4v) is 2.80. The van der Waals surface area contributed by atoms with E-state index in [1.807, 2.05) is 36.1 Å². The van der Waals surface area contributed by atoms with Gasteiger partial charge in [-0.25, -0.2) is 0 Å². The van der Waals surface area contributed by atoms with E-state index in [1.165, 1.54) is 0 Å². The van der Waals surface area contributed by atoms with Crippen molar-refractivity contribution in [2.45, 2.75) is 26.2 Å². The van der Waals surface area contributed by atoms with Crippen LogP contribution in [0, 0.1) is 5.92 Å². The first kappa shape index (κ1) is 15.0. The summed E-state index contributed by atoms with van der Waals surface area (Å²) in [6, 6.07) is 7.58. The Labute approximate surface area is 127 Å². The predicted molar refractivity (Wildman–Crippen MR) is 82.4 cm³/mol. The summed E-state index contributed by atoms with van der Waals surface area (Å²) in [6.07, 6.45) is 2.01. The molecular formula is C15H19BrN2O2. The van der Waals surface area contributed by atoms with Gasteiger partial charge in [-0.2, -0.15) is 0 Å². The lowest BCUT2D eigenvalue weighted by Gasteiger charge is -2.31.